The van der Waals surface area contributed by atoms with Gasteiger partial charge in [0, 0.05) is 13.2 Å². The van der Waals surface area contributed by atoms with Crippen molar-refractivity contribution in [3.05, 3.63) is 13.8 Å². The summed E-state index contributed by atoms with van der Waals surface area (Å²) in [6.45, 7) is 13.2. The van der Waals surface area contributed by atoms with Gasteiger partial charge in [0.1, 0.15) is 0 Å². The highest BCUT2D eigenvalue weighted by Gasteiger charge is 2.05. The molecule has 0 saturated carbocycles. The fourth-order valence-corrected chi connectivity index (χ4v) is 0.846. The molecule has 0 aromatic carbocycles. The van der Waals surface area contributed by atoms with Crippen molar-refractivity contribution in [2.24, 2.45) is 0 Å². The standard InChI is InChI=1S/C10H20O3/c1-5-11-7-9(3)13-8-10(4)12-6-2/h9-10H,1-2,5-8H2,3-4H3. The molecule has 0 saturated heterocycles. The smallest absolute Gasteiger partial charge is 0.0781 e. The predicted octanol–water partition coefficient (Wildman–Crippen LogP) is 1.48. The molecule has 0 aliphatic carbocycles. The largest absolute Gasteiger partial charge is 0.379 e. The summed E-state index contributed by atoms with van der Waals surface area (Å²) in [5.41, 5.74) is 0. The monoisotopic (exact) mass is 188 g/mol. The average Bonchev–Trinajstić information content (AvgIpc) is 2.12. The van der Waals surface area contributed by atoms with Crippen LogP contribution in [-0.4, -0.2) is 38.6 Å². The van der Waals surface area contributed by atoms with E-state index in [9.17, 15) is 0 Å². The quantitative estimate of drug-likeness (QED) is 0.577. The summed E-state index contributed by atoms with van der Waals surface area (Å²) >= 11 is 0. The summed E-state index contributed by atoms with van der Waals surface area (Å²) in [7, 11) is 0. The van der Waals surface area contributed by atoms with Gasteiger partial charge in [-0.3, -0.25) is 0 Å². The summed E-state index contributed by atoms with van der Waals surface area (Å²) in [5, 5.41) is 0. The summed E-state index contributed by atoms with van der Waals surface area (Å²) in [6.07, 6.45) is 0.192. The maximum atomic E-state index is 5.45. The molecule has 78 valence electrons. The van der Waals surface area contributed by atoms with Crippen molar-refractivity contribution < 1.29 is 14.2 Å². The minimum absolute atomic E-state index is 0.0950. The van der Waals surface area contributed by atoms with Crippen LogP contribution >= 0.6 is 0 Å². The Morgan fingerprint density at radius 1 is 0.923 bits per heavy atom. The molecule has 0 aliphatic rings. The van der Waals surface area contributed by atoms with Crippen LogP contribution in [0, 0.1) is 13.8 Å². The molecule has 0 N–H and O–H groups in total. The number of rotatable bonds is 8. The zero-order valence-electron chi connectivity index (χ0n) is 8.62. The third-order valence-electron chi connectivity index (χ3n) is 1.51. The van der Waals surface area contributed by atoms with Crippen molar-refractivity contribution in [3.8, 4) is 0 Å². The van der Waals surface area contributed by atoms with Gasteiger partial charge in [-0.15, -0.1) is 0 Å². The zero-order chi connectivity index (χ0) is 10.1. The molecule has 0 aromatic heterocycles. The minimum Gasteiger partial charge on any atom is -0.379 e. The second-order valence-corrected chi connectivity index (χ2v) is 2.90. The van der Waals surface area contributed by atoms with E-state index in [4.69, 9.17) is 14.2 Å². The van der Waals surface area contributed by atoms with Gasteiger partial charge in [-0.25, -0.2) is 0 Å². The Balaban J connectivity index is 3.29. The summed E-state index contributed by atoms with van der Waals surface area (Å²) in [4.78, 5) is 0. The summed E-state index contributed by atoms with van der Waals surface area (Å²) in [6, 6.07) is 0. The van der Waals surface area contributed by atoms with Gasteiger partial charge < -0.3 is 14.2 Å². The minimum atomic E-state index is 0.0950. The Kier molecular flexibility index (Phi) is 8.40. The van der Waals surface area contributed by atoms with Crippen LogP contribution in [0.15, 0.2) is 0 Å². The molecule has 0 aliphatic heterocycles. The Morgan fingerprint density at radius 2 is 1.54 bits per heavy atom. The van der Waals surface area contributed by atoms with Crippen LogP contribution < -0.4 is 0 Å². The van der Waals surface area contributed by atoms with E-state index in [1.165, 1.54) is 0 Å². The van der Waals surface area contributed by atoms with Crippen LogP contribution in [0.3, 0.4) is 0 Å². The first-order valence-corrected chi connectivity index (χ1v) is 4.60. The third kappa shape index (κ3) is 8.22. The van der Waals surface area contributed by atoms with Gasteiger partial charge in [-0.1, -0.05) is 0 Å². The molecule has 3 nitrogen and oxygen atoms in total. The molecule has 0 amide bonds. The highest BCUT2D eigenvalue weighted by molar-refractivity contribution is 4.52. The lowest BCUT2D eigenvalue weighted by atomic mass is 10.4. The fourth-order valence-electron chi connectivity index (χ4n) is 0.846. The zero-order valence-corrected chi connectivity index (χ0v) is 8.62. The lowest BCUT2D eigenvalue weighted by molar-refractivity contribution is -0.0494. The first-order chi connectivity index (χ1) is 6.20. The van der Waals surface area contributed by atoms with E-state index in [0.717, 1.165) is 0 Å². The molecule has 2 radical (unpaired) electrons. The van der Waals surface area contributed by atoms with E-state index in [0.29, 0.717) is 26.4 Å². The van der Waals surface area contributed by atoms with E-state index >= 15 is 0 Å². The van der Waals surface area contributed by atoms with Crippen molar-refractivity contribution in [3.63, 3.8) is 0 Å². The van der Waals surface area contributed by atoms with Crippen LogP contribution in [0.5, 0.6) is 0 Å². The Labute approximate surface area is 81.4 Å². The lowest BCUT2D eigenvalue weighted by Gasteiger charge is -2.16. The molecule has 0 rings (SSSR count). The highest BCUT2D eigenvalue weighted by Crippen LogP contribution is 1.97. The summed E-state index contributed by atoms with van der Waals surface area (Å²) < 4.78 is 15.8. The van der Waals surface area contributed by atoms with Crippen LogP contribution in [0.1, 0.15) is 13.8 Å². The second kappa shape index (κ2) is 8.48. The van der Waals surface area contributed by atoms with Gasteiger partial charge in [0.05, 0.1) is 25.4 Å². The van der Waals surface area contributed by atoms with E-state index in [1.54, 1.807) is 0 Å². The SMILES string of the molecule is [CH2]COCC(C)OCC(C)OC[CH2]. The van der Waals surface area contributed by atoms with Crippen molar-refractivity contribution in [1.82, 2.24) is 0 Å². The van der Waals surface area contributed by atoms with Gasteiger partial charge in [0.25, 0.3) is 0 Å². The van der Waals surface area contributed by atoms with Gasteiger partial charge in [0.2, 0.25) is 0 Å². The number of hydrogen-bond donors (Lipinski definition) is 0. The van der Waals surface area contributed by atoms with E-state index in [2.05, 4.69) is 13.8 Å². The molecule has 0 heterocycles. The third-order valence-corrected chi connectivity index (χ3v) is 1.51. The molecule has 0 fully saturated rings. The maximum absolute atomic E-state index is 5.45. The predicted molar refractivity (Wildman–Crippen MR) is 52.4 cm³/mol. The molecule has 13 heavy (non-hydrogen) atoms. The van der Waals surface area contributed by atoms with E-state index in [1.807, 2.05) is 13.8 Å². The lowest BCUT2D eigenvalue weighted by Crippen LogP contribution is -2.23. The van der Waals surface area contributed by atoms with Gasteiger partial charge >= 0.3 is 0 Å². The van der Waals surface area contributed by atoms with Crippen LogP contribution in [0.2, 0.25) is 0 Å². The molecule has 2 atom stereocenters. The molecular weight excluding hydrogens is 168 g/mol. The Hall–Kier alpha value is -0.120. The normalized spacial score (nSPS) is 15.7. The van der Waals surface area contributed by atoms with Gasteiger partial charge in [0.15, 0.2) is 0 Å². The summed E-state index contributed by atoms with van der Waals surface area (Å²) in [5.74, 6) is 0. The van der Waals surface area contributed by atoms with Crippen molar-refractivity contribution in [2.75, 3.05) is 26.4 Å². The van der Waals surface area contributed by atoms with E-state index in [-0.39, 0.29) is 12.2 Å². The van der Waals surface area contributed by atoms with Crippen LogP contribution in [-0.2, 0) is 14.2 Å². The molecule has 0 spiro atoms. The molecule has 0 aromatic rings. The van der Waals surface area contributed by atoms with Crippen molar-refractivity contribution in [2.45, 2.75) is 26.1 Å². The van der Waals surface area contributed by atoms with Crippen LogP contribution in [0.4, 0.5) is 0 Å². The first kappa shape index (κ1) is 12.9. The molecule has 3 heteroatoms. The van der Waals surface area contributed by atoms with E-state index < -0.39 is 0 Å². The topological polar surface area (TPSA) is 27.7 Å². The fraction of sp³-hybridized carbons (Fsp3) is 0.800. The Bertz CT molecular complexity index is 106. The average molecular weight is 188 g/mol. The Morgan fingerprint density at radius 3 is 2.08 bits per heavy atom. The number of hydrogen-bond acceptors (Lipinski definition) is 3. The van der Waals surface area contributed by atoms with Gasteiger partial charge in [-0.2, -0.15) is 0 Å². The maximum Gasteiger partial charge on any atom is 0.0781 e. The second-order valence-electron chi connectivity index (χ2n) is 2.90. The molecule has 0 bridgehead atoms. The van der Waals surface area contributed by atoms with Crippen LogP contribution in [0.25, 0.3) is 0 Å². The number of ether oxygens (including phenoxy) is 3. The molecular formula is C10H20O3. The van der Waals surface area contributed by atoms with Crippen molar-refractivity contribution >= 4 is 0 Å². The van der Waals surface area contributed by atoms with Gasteiger partial charge in [-0.05, 0) is 27.7 Å². The molecule has 2 unspecified atom stereocenters. The van der Waals surface area contributed by atoms with Crippen molar-refractivity contribution in [1.29, 1.82) is 0 Å². The highest BCUT2D eigenvalue weighted by atomic mass is 16.6. The first-order valence-electron chi connectivity index (χ1n) is 4.60.